The second-order valence-corrected chi connectivity index (χ2v) is 6.71. The maximum absolute atomic E-state index is 12.6. The lowest BCUT2D eigenvalue weighted by Crippen LogP contribution is -2.33. The van der Waals surface area contributed by atoms with Gasteiger partial charge >= 0.3 is 0 Å². The van der Waals surface area contributed by atoms with Crippen molar-refractivity contribution >= 4 is 23.2 Å². The molecule has 1 saturated heterocycles. The molecular weight excluding hydrogens is 284 g/mol. The molecule has 2 heterocycles. The highest BCUT2D eigenvalue weighted by Crippen LogP contribution is 2.47. The van der Waals surface area contributed by atoms with Crippen molar-refractivity contribution in [3.05, 3.63) is 21.9 Å². The highest BCUT2D eigenvalue weighted by Gasteiger charge is 2.52. The lowest BCUT2D eigenvalue weighted by atomic mass is 9.84. The predicted molar refractivity (Wildman–Crippen MR) is 81.3 cm³/mol. The number of carbonyl (C=O) groups excluding carboxylic acids is 2. The normalized spacial score (nSPS) is 20.1. The van der Waals surface area contributed by atoms with Crippen LogP contribution in [0, 0.1) is 17.3 Å². The summed E-state index contributed by atoms with van der Waals surface area (Å²) in [6.07, 6.45) is 4.22. The van der Waals surface area contributed by atoms with Crippen LogP contribution in [-0.4, -0.2) is 23.3 Å². The van der Waals surface area contributed by atoms with Crippen LogP contribution in [0.1, 0.15) is 42.5 Å². The SMILES string of the molecule is NCC#Cc1ccsc1CN1C(=O)CC2(CCCC2)C1=O. The Morgan fingerprint density at radius 1 is 1.33 bits per heavy atom. The van der Waals surface area contributed by atoms with Crippen LogP contribution in [0.3, 0.4) is 0 Å². The van der Waals surface area contributed by atoms with Crippen LogP contribution >= 0.6 is 11.3 Å². The molecule has 1 aliphatic carbocycles. The molecule has 5 heteroatoms. The van der Waals surface area contributed by atoms with E-state index in [1.165, 1.54) is 16.2 Å². The number of nitrogens with two attached hydrogens (primary N) is 1. The number of likely N-dealkylation sites (tertiary alicyclic amines) is 1. The molecule has 0 radical (unpaired) electrons. The van der Waals surface area contributed by atoms with Crippen molar-refractivity contribution in [1.29, 1.82) is 0 Å². The quantitative estimate of drug-likeness (QED) is 0.670. The Morgan fingerprint density at radius 2 is 2.10 bits per heavy atom. The Kier molecular flexibility index (Phi) is 3.83. The first-order valence-corrected chi connectivity index (χ1v) is 8.14. The van der Waals surface area contributed by atoms with E-state index in [2.05, 4.69) is 11.8 Å². The van der Waals surface area contributed by atoms with Crippen LogP contribution in [0.5, 0.6) is 0 Å². The molecule has 1 aromatic heterocycles. The molecule has 1 aromatic rings. The predicted octanol–water partition coefficient (Wildman–Crippen LogP) is 1.88. The largest absolute Gasteiger partial charge is 0.320 e. The standard InChI is InChI=1S/C16H18N2O2S/c17-8-3-4-12-5-9-21-13(12)11-18-14(19)10-16(15(18)20)6-1-2-7-16/h5,9H,1-2,6-8,10-11,17H2. The van der Waals surface area contributed by atoms with Gasteiger partial charge in [0.25, 0.3) is 0 Å². The zero-order valence-corrected chi connectivity index (χ0v) is 12.7. The molecule has 2 amide bonds. The van der Waals surface area contributed by atoms with Gasteiger partial charge in [-0.15, -0.1) is 11.3 Å². The molecule has 0 atom stereocenters. The number of thiophene rings is 1. The van der Waals surface area contributed by atoms with E-state index in [1.807, 2.05) is 11.4 Å². The number of imide groups is 1. The van der Waals surface area contributed by atoms with E-state index in [0.29, 0.717) is 19.5 Å². The summed E-state index contributed by atoms with van der Waals surface area (Å²) in [5.41, 5.74) is 5.87. The third-order valence-electron chi connectivity index (χ3n) is 4.42. The first-order chi connectivity index (χ1) is 10.2. The Balaban J connectivity index is 1.81. The maximum Gasteiger partial charge on any atom is 0.236 e. The fourth-order valence-electron chi connectivity index (χ4n) is 3.33. The van der Waals surface area contributed by atoms with Crippen LogP contribution in [0.25, 0.3) is 0 Å². The summed E-state index contributed by atoms with van der Waals surface area (Å²) < 4.78 is 0. The molecule has 2 N–H and O–H groups in total. The van der Waals surface area contributed by atoms with Gasteiger partial charge in [0.1, 0.15) is 0 Å². The Hall–Kier alpha value is -1.64. The van der Waals surface area contributed by atoms with Gasteiger partial charge < -0.3 is 5.73 Å². The van der Waals surface area contributed by atoms with Crippen LogP contribution in [-0.2, 0) is 16.1 Å². The van der Waals surface area contributed by atoms with Gasteiger partial charge in [-0.3, -0.25) is 14.5 Å². The summed E-state index contributed by atoms with van der Waals surface area (Å²) in [5.74, 6) is 5.82. The van der Waals surface area contributed by atoms with Crippen molar-refractivity contribution in [1.82, 2.24) is 4.90 Å². The minimum atomic E-state index is -0.391. The second-order valence-electron chi connectivity index (χ2n) is 5.71. The van der Waals surface area contributed by atoms with Gasteiger partial charge in [0.05, 0.1) is 18.5 Å². The van der Waals surface area contributed by atoms with E-state index in [0.717, 1.165) is 36.1 Å². The van der Waals surface area contributed by atoms with E-state index in [9.17, 15) is 9.59 Å². The summed E-state index contributed by atoms with van der Waals surface area (Å²) in [5, 5.41) is 1.94. The van der Waals surface area contributed by atoms with Gasteiger partial charge in [0.15, 0.2) is 0 Å². The number of nitrogens with zero attached hydrogens (tertiary/aromatic N) is 1. The van der Waals surface area contributed by atoms with Crippen LogP contribution < -0.4 is 5.73 Å². The summed E-state index contributed by atoms with van der Waals surface area (Å²) in [6, 6.07) is 1.92. The van der Waals surface area contributed by atoms with Gasteiger partial charge in [-0.05, 0) is 24.3 Å². The number of hydrogen-bond donors (Lipinski definition) is 1. The zero-order valence-electron chi connectivity index (χ0n) is 11.9. The minimum Gasteiger partial charge on any atom is -0.320 e. The molecule has 0 unspecified atom stereocenters. The molecule has 2 fully saturated rings. The average Bonchev–Trinajstić information content (AvgIpc) is 3.15. The molecule has 1 saturated carbocycles. The van der Waals surface area contributed by atoms with E-state index in [1.54, 1.807) is 0 Å². The third-order valence-corrected chi connectivity index (χ3v) is 5.33. The van der Waals surface area contributed by atoms with Crippen LogP contribution in [0.15, 0.2) is 11.4 Å². The summed E-state index contributed by atoms with van der Waals surface area (Å²) in [4.78, 5) is 27.3. The Morgan fingerprint density at radius 3 is 2.81 bits per heavy atom. The Labute approximate surface area is 128 Å². The average molecular weight is 302 g/mol. The zero-order chi connectivity index (χ0) is 14.9. The molecule has 2 aliphatic rings. The first kappa shape index (κ1) is 14.3. The van der Waals surface area contributed by atoms with Gasteiger partial charge in [-0.2, -0.15) is 0 Å². The van der Waals surface area contributed by atoms with Crippen molar-refractivity contribution in [2.45, 2.75) is 38.6 Å². The van der Waals surface area contributed by atoms with Crippen molar-refractivity contribution in [3.8, 4) is 11.8 Å². The monoisotopic (exact) mass is 302 g/mol. The second kappa shape index (κ2) is 5.63. The smallest absolute Gasteiger partial charge is 0.236 e. The fourth-order valence-corrected chi connectivity index (χ4v) is 4.14. The van der Waals surface area contributed by atoms with Crippen molar-refractivity contribution < 1.29 is 9.59 Å². The molecule has 0 aromatic carbocycles. The highest BCUT2D eigenvalue weighted by atomic mass is 32.1. The number of rotatable bonds is 2. The topological polar surface area (TPSA) is 63.4 Å². The Bertz CT molecular complexity index is 632. The maximum atomic E-state index is 12.6. The summed E-state index contributed by atoms with van der Waals surface area (Å²) in [6.45, 7) is 0.658. The molecule has 110 valence electrons. The van der Waals surface area contributed by atoms with Crippen molar-refractivity contribution in [2.75, 3.05) is 6.54 Å². The van der Waals surface area contributed by atoms with E-state index in [4.69, 9.17) is 5.73 Å². The van der Waals surface area contributed by atoms with Gasteiger partial charge in [0.2, 0.25) is 11.8 Å². The van der Waals surface area contributed by atoms with Gasteiger partial charge in [0, 0.05) is 16.9 Å². The molecule has 4 nitrogen and oxygen atoms in total. The molecule has 21 heavy (non-hydrogen) atoms. The highest BCUT2D eigenvalue weighted by molar-refractivity contribution is 7.10. The number of amides is 2. The van der Waals surface area contributed by atoms with E-state index in [-0.39, 0.29) is 11.8 Å². The third kappa shape index (κ3) is 2.50. The molecule has 3 rings (SSSR count). The van der Waals surface area contributed by atoms with Gasteiger partial charge in [-0.1, -0.05) is 24.7 Å². The number of hydrogen-bond acceptors (Lipinski definition) is 4. The molecule has 1 spiro atoms. The van der Waals surface area contributed by atoms with Crippen molar-refractivity contribution in [3.63, 3.8) is 0 Å². The minimum absolute atomic E-state index is 0.0242. The number of carbonyl (C=O) groups is 2. The van der Waals surface area contributed by atoms with Crippen LogP contribution in [0.2, 0.25) is 0 Å². The molecule has 0 bridgehead atoms. The summed E-state index contributed by atoms with van der Waals surface area (Å²) in [7, 11) is 0. The lowest BCUT2D eigenvalue weighted by molar-refractivity contribution is -0.142. The lowest BCUT2D eigenvalue weighted by Gasteiger charge is -2.20. The van der Waals surface area contributed by atoms with E-state index < -0.39 is 5.41 Å². The van der Waals surface area contributed by atoms with Gasteiger partial charge in [-0.25, -0.2) is 0 Å². The molecular formula is C16H18N2O2S. The van der Waals surface area contributed by atoms with E-state index >= 15 is 0 Å². The fraction of sp³-hybridized carbons (Fsp3) is 0.500. The summed E-state index contributed by atoms with van der Waals surface area (Å²) >= 11 is 1.53. The van der Waals surface area contributed by atoms with Crippen LogP contribution in [0.4, 0.5) is 0 Å². The molecule has 1 aliphatic heterocycles. The van der Waals surface area contributed by atoms with Crippen molar-refractivity contribution in [2.24, 2.45) is 11.1 Å². The first-order valence-electron chi connectivity index (χ1n) is 7.26.